The maximum atomic E-state index is 11.7. The summed E-state index contributed by atoms with van der Waals surface area (Å²) in [5.41, 5.74) is 3.50. The highest BCUT2D eigenvalue weighted by Gasteiger charge is 2.32. The lowest BCUT2D eigenvalue weighted by atomic mass is 9.93. The molecular formula is C19H18ClN3O4. The molecule has 27 heavy (non-hydrogen) atoms. The second kappa shape index (κ2) is 6.75. The molecule has 1 atom stereocenters. The van der Waals surface area contributed by atoms with Gasteiger partial charge >= 0.3 is 0 Å². The van der Waals surface area contributed by atoms with Crippen molar-refractivity contribution in [2.75, 3.05) is 20.8 Å². The highest BCUT2D eigenvalue weighted by atomic mass is 35.5. The normalized spacial score (nSPS) is 16.2. The van der Waals surface area contributed by atoms with Crippen molar-refractivity contribution in [3.05, 3.63) is 62.3 Å². The lowest BCUT2D eigenvalue weighted by Crippen LogP contribution is -2.31. The fraction of sp³-hybridized carbons (Fsp3) is 0.263. The largest absolute Gasteiger partial charge is 0.493 e. The van der Waals surface area contributed by atoms with Crippen molar-refractivity contribution in [1.82, 2.24) is 10.3 Å². The van der Waals surface area contributed by atoms with E-state index in [1.807, 2.05) is 18.2 Å². The van der Waals surface area contributed by atoms with Crippen LogP contribution in [0.5, 0.6) is 11.5 Å². The van der Waals surface area contributed by atoms with Crippen LogP contribution in [-0.2, 0) is 6.42 Å². The van der Waals surface area contributed by atoms with Crippen LogP contribution in [0.3, 0.4) is 0 Å². The van der Waals surface area contributed by atoms with Crippen LogP contribution in [-0.4, -0.2) is 30.7 Å². The third-order valence-corrected chi connectivity index (χ3v) is 5.19. The number of aromatic nitrogens is 1. The molecule has 7 nitrogen and oxygen atoms in total. The Bertz CT molecular complexity index is 1050. The van der Waals surface area contributed by atoms with Crippen LogP contribution >= 0.6 is 11.6 Å². The van der Waals surface area contributed by atoms with Crippen molar-refractivity contribution in [3.8, 4) is 11.5 Å². The molecule has 140 valence electrons. The highest BCUT2D eigenvalue weighted by Crippen LogP contribution is 2.42. The summed E-state index contributed by atoms with van der Waals surface area (Å²) >= 11 is 6.16. The number of ether oxygens (including phenoxy) is 2. The molecule has 1 aromatic heterocycles. The molecule has 3 aromatic rings. The van der Waals surface area contributed by atoms with Gasteiger partial charge in [-0.15, -0.1) is 0 Å². The van der Waals surface area contributed by atoms with Crippen molar-refractivity contribution in [2.24, 2.45) is 0 Å². The smallest absolute Gasteiger partial charge is 0.278 e. The van der Waals surface area contributed by atoms with E-state index >= 15 is 0 Å². The van der Waals surface area contributed by atoms with Crippen molar-refractivity contribution < 1.29 is 14.4 Å². The molecule has 1 aliphatic rings. The monoisotopic (exact) mass is 387 g/mol. The van der Waals surface area contributed by atoms with E-state index in [0.717, 1.165) is 28.6 Å². The fourth-order valence-corrected chi connectivity index (χ4v) is 3.91. The van der Waals surface area contributed by atoms with E-state index in [4.69, 9.17) is 21.1 Å². The van der Waals surface area contributed by atoms with Crippen molar-refractivity contribution >= 4 is 28.2 Å². The lowest BCUT2D eigenvalue weighted by Gasteiger charge is -2.25. The Labute approximate surface area is 160 Å². The topological polar surface area (TPSA) is 89.4 Å². The van der Waals surface area contributed by atoms with Crippen LogP contribution in [0.25, 0.3) is 10.9 Å². The molecule has 0 saturated heterocycles. The summed E-state index contributed by atoms with van der Waals surface area (Å²) in [6, 6.07) is 8.40. The number of nitrogens with one attached hydrogen (secondary N) is 2. The number of nitro groups is 1. The molecule has 0 amide bonds. The van der Waals surface area contributed by atoms with Gasteiger partial charge in [0.05, 0.1) is 36.8 Å². The van der Waals surface area contributed by atoms with Crippen molar-refractivity contribution in [2.45, 2.75) is 12.5 Å². The number of halogens is 1. The Hall–Kier alpha value is -2.77. The Morgan fingerprint density at radius 1 is 1.19 bits per heavy atom. The second-order valence-corrected chi connectivity index (χ2v) is 6.80. The third kappa shape index (κ3) is 2.89. The zero-order valence-electron chi connectivity index (χ0n) is 14.8. The summed E-state index contributed by atoms with van der Waals surface area (Å²) in [5.74, 6) is 0.776. The molecule has 0 spiro atoms. The molecule has 0 fully saturated rings. The molecule has 2 aromatic carbocycles. The number of aromatic amines is 1. The maximum Gasteiger partial charge on any atom is 0.278 e. The van der Waals surface area contributed by atoms with E-state index in [2.05, 4.69) is 10.3 Å². The number of rotatable bonds is 4. The molecule has 2 N–H and O–H groups in total. The van der Waals surface area contributed by atoms with Crippen LogP contribution in [0.4, 0.5) is 5.69 Å². The second-order valence-electron chi connectivity index (χ2n) is 6.37. The average Bonchev–Trinajstić information content (AvgIpc) is 3.04. The van der Waals surface area contributed by atoms with Crippen molar-refractivity contribution in [3.63, 3.8) is 0 Å². The van der Waals surface area contributed by atoms with E-state index < -0.39 is 4.92 Å². The Morgan fingerprint density at radius 3 is 2.63 bits per heavy atom. The SMILES string of the molecule is COc1cc(C2NCCc3c2[nH]c2ccc(Cl)cc32)c([N+](=O)[O-])cc1OC. The van der Waals surface area contributed by atoms with Gasteiger partial charge in [0.25, 0.3) is 5.69 Å². The number of hydrogen-bond acceptors (Lipinski definition) is 5. The zero-order chi connectivity index (χ0) is 19.1. The Morgan fingerprint density at radius 2 is 1.93 bits per heavy atom. The van der Waals surface area contributed by atoms with E-state index in [1.54, 1.807) is 6.07 Å². The Kier molecular flexibility index (Phi) is 4.41. The van der Waals surface area contributed by atoms with Gasteiger partial charge < -0.3 is 19.8 Å². The number of hydrogen-bond donors (Lipinski definition) is 2. The van der Waals surface area contributed by atoms with Gasteiger partial charge in [0.15, 0.2) is 11.5 Å². The quantitative estimate of drug-likeness (QED) is 0.522. The van der Waals surface area contributed by atoms with Gasteiger partial charge in [0.2, 0.25) is 0 Å². The van der Waals surface area contributed by atoms with E-state index in [-0.39, 0.29) is 11.7 Å². The van der Waals surface area contributed by atoms with Gasteiger partial charge in [0, 0.05) is 28.2 Å². The zero-order valence-corrected chi connectivity index (χ0v) is 15.6. The van der Waals surface area contributed by atoms with Crippen LogP contribution in [0, 0.1) is 10.1 Å². The van der Waals surface area contributed by atoms with Gasteiger partial charge in [-0.05, 0) is 36.2 Å². The van der Waals surface area contributed by atoms with Crippen LogP contribution in [0.1, 0.15) is 22.9 Å². The molecular weight excluding hydrogens is 370 g/mol. The summed E-state index contributed by atoms with van der Waals surface area (Å²) in [6.07, 6.45) is 0.813. The summed E-state index contributed by atoms with van der Waals surface area (Å²) in [5, 5.41) is 16.8. The average molecular weight is 388 g/mol. The molecule has 8 heteroatoms. The molecule has 1 unspecified atom stereocenters. The predicted octanol–water partition coefficient (Wildman–Crippen LogP) is 3.98. The Balaban J connectivity index is 1.93. The van der Waals surface area contributed by atoms with E-state index in [1.165, 1.54) is 20.3 Å². The van der Waals surface area contributed by atoms with Gasteiger partial charge in [-0.2, -0.15) is 0 Å². The van der Waals surface area contributed by atoms with Gasteiger partial charge in [-0.1, -0.05) is 11.6 Å². The molecule has 0 radical (unpaired) electrons. The van der Waals surface area contributed by atoms with Gasteiger partial charge in [-0.25, -0.2) is 0 Å². The number of H-pyrrole nitrogens is 1. The minimum atomic E-state index is -0.396. The molecule has 2 heterocycles. The van der Waals surface area contributed by atoms with Gasteiger partial charge in [-0.3, -0.25) is 10.1 Å². The number of benzene rings is 2. The molecule has 1 aliphatic heterocycles. The van der Waals surface area contributed by atoms with Gasteiger partial charge in [0.1, 0.15) is 0 Å². The summed E-state index contributed by atoms with van der Waals surface area (Å²) in [7, 11) is 2.97. The number of nitro benzene ring substituents is 1. The first-order valence-corrected chi connectivity index (χ1v) is 8.85. The predicted molar refractivity (Wildman–Crippen MR) is 103 cm³/mol. The number of fused-ring (bicyclic) bond motifs is 3. The first-order chi connectivity index (χ1) is 13.0. The highest BCUT2D eigenvalue weighted by molar-refractivity contribution is 6.31. The summed E-state index contributed by atoms with van der Waals surface area (Å²) < 4.78 is 10.6. The van der Waals surface area contributed by atoms with E-state index in [9.17, 15) is 10.1 Å². The van der Waals surface area contributed by atoms with E-state index in [0.29, 0.717) is 28.6 Å². The third-order valence-electron chi connectivity index (χ3n) is 4.95. The number of nitrogens with zero attached hydrogens (tertiary/aromatic N) is 1. The first kappa shape index (κ1) is 17.6. The van der Waals surface area contributed by atoms with Crippen LogP contribution in [0.15, 0.2) is 30.3 Å². The standard InChI is InChI=1S/C19H18ClN3O4/c1-26-16-8-13(15(23(24)25)9-17(16)27-2)18-19-11(5-6-21-18)12-7-10(20)3-4-14(12)22-19/h3-4,7-9,18,21-22H,5-6H2,1-2H3. The molecule has 4 rings (SSSR count). The summed E-state index contributed by atoms with van der Waals surface area (Å²) in [4.78, 5) is 14.7. The summed E-state index contributed by atoms with van der Waals surface area (Å²) in [6.45, 7) is 0.697. The number of methoxy groups -OCH3 is 2. The van der Waals surface area contributed by atoms with Crippen LogP contribution in [0.2, 0.25) is 5.02 Å². The maximum absolute atomic E-state index is 11.7. The minimum absolute atomic E-state index is 0.0188. The lowest BCUT2D eigenvalue weighted by molar-refractivity contribution is -0.385. The molecule has 0 saturated carbocycles. The van der Waals surface area contributed by atoms with Crippen LogP contribution < -0.4 is 14.8 Å². The van der Waals surface area contributed by atoms with Crippen molar-refractivity contribution in [1.29, 1.82) is 0 Å². The molecule has 0 bridgehead atoms. The molecule has 0 aliphatic carbocycles. The minimum Gasteiger partial charge on any atom is -0.493 e. The first-order valence-electron chi connectivity index (χ1n) is 8.47. The fourth-order valence-electron chi connectivity index (χ4n) is 3.74.